The van der Waals surface area contributed by atoms with Gasteiger partial charge in [0.25, 0.3) is 5.91 Å². The van der Waals surface area contributed by atoms with Gasteiger partial charge < -0.3 is 19.8 Å². The minimum atomic E-state index is -0.660. The van der Waals surface area contributed by atoms with E-state index in [1.165, 1.54) is 4.57 Å². The molecule has 1 saturated heterocycles. The molecule has 140 valence electrons. The van der Waals surface area contributed by atoms with Gasteiger partial charge in [0.05, 0.1) is 11.0 Å². The van der Waals surface area contributed by atoms with Crippen LogP contribution in [0.3, 0.4) is 0 Å². The summed E-state index contributed by atoms with van der Waals surface area (Å²) in [6.07, 6.45) is 2.80. The van der Waals surface area contributed by atoms with Crippen LogP contribution in [0.25, 0.3) is 11.0 Å². The van der Waals surface area contributed by atoms with Crippen molar-refractivity contribution in [3.05, 3.63) is 44.5 Å². The van der Waals surface area contributed by atoms with Crippen LogP contribution in [0.1, 0.15) is 43.5 Å². The molecule has 1 aromatic carbocycles. The van der Waals surface area contributed by atoms with Crippen LogP contribution in [-0.4, -0.2) is 46.0 Å². The van der Waals surface area contributed by atoms with Crippen LogP contribution in [0.4, 0.5) is 0 Å². The number of amides is 1. The third-order valence-corrected chi connectivity index (χ3v) is 5.01. The van der Waals surface area contributed by atoms with Gasteiger partial charge in [-0.3, -0.25) is 14.4 Å². The van der Waals surface area contributed by atoms with E-state index in [9.17, 15) is 14.4 Å². The lowest BCUT2D eigenvalue weighted by molar-refractivity contribution is 0.0643. The maximum absolute atomic E-state index is 13.1. The Hall–Kier alpha value is -2.41. The Bertz CT molecular complexity index is 909. The fourth-order valence-corrected chi connectivity index (χ4v) is 3.70. The first-order valence-corrected chi connectivity index (χ1v) is 9.35. The normalized spacial score (nSPS) is 15.3. The number of nitrogens with one attached hydrogen (secondary N) is 2. The molecule has 0 atom stereocenters. The van der Waals surface area contributed by atoms with Gasteiger partial charge in [0.2, 0.25) is 0 Å². The lowest BCUT2D eigenvalue weighted by atomic mass is 10.0. The van der Waals surface area contributed by atoms with Gasteiger partial charge in [0.1, 0.15) is 0 Å². The second-order valence-electron chi connectivity index (χ2n) is 6.72. The lowest BCUT2D eigenvalue weighted by Gasteiger charge is -2.34. The summed E-state index contributed by atoms with van der Waals surface area (Å²) in [6.45, 7) is 6.85. The van der Waals surface area contributed by atoms with Gasteiger partial charge >= 0.3 is 11.1 Å². The molecule has 1 amide bonds. The maximum atomic E-state index is 13.1. The van der Waals surface area contributed by atoms with E-state index >= 15 is 0 Å². The van der Waals surface area contributed by atoms with E-state index in [2.05, 4.69) is 17.2 Å². The molecule has 1 aromatic heterocycles. The fraction of sp³-hybridized carbons (Fsp3) is 0.526. The molecule has 1 aliphatic rings. The summed E-state index contributed by atoms with van der Waals surface area (Å²) in [5.74, 6) is -0.0178. The number of aromatic amines is 1. The van der Waals surface area contributed by atoms with Gasteiger partial charge in [0, 0.05) is 24.7 Å². The summed E-state index contributed by atoms with van der Waals surface area (Å²) in [5, 5.41) is 3.33. The standard InChI is InChI=1S/C19H26N4O3/c1-3-11-23(14-7-9-20-10-8-14)18(25)13-5-6-16-15(12-13)21-17(24)19(26)22(16)4-2/h5-6,12,14,20H,3-4,7-11H2,1-2H3,(H,21,24). The molecule has 0 bridgehead atoms. The zero-order chi connectivity index (χ0) is 18.7. The summed E-state index contributed by atoms with van der Waals surface area (Å²) in [6, 6.07) is 5.42. The molecule has 0 unspecified atom stereocenters. The number of H-pyrrole nitrogens is 1. The molecule has 0 spiro atoms. The predicted octanol–water partition coefficient (Wildman–Crippen LogP) is 1.31. The average Bonchev–Trinajstić information content (AvgIpc) is 2.67. The summed E-state index contributed by atoms with van der Waals surface area (Å²) in [4.78, 5) is 41.5. The van der Waals surface area contributed by atoms with Crippen molar-refractivity contribution < 1.29 is 4.79 Å². The largest absolute Gasteiger partial charge is 0.336 e. The molecule has 0 saturated carbocycles. The zero-order valence-corrected chi connectivity index (χ0v) is 15.4. The highest BCUT2D eigenvalue weighted by molar-refractivity contribution is 5.97. The van der Waals surface area contributed by atoms with Crippen molar-refractivity contribution in [1.82, 2.24) is 19.8 Å². The summed E-state index contributed by atoms with van der Waals surface area (Å²) in [5.41, 5.74) is 0.470. The van der Waals surface area contributed by atoms with Crippen LogP contribution in [-0.2, 0) is 6.54 Å². The highest BCUT2D eigenvalue weighted by Gasteiger charge is 2.25. The highest BCUT2D eigenvalue weighted by atomic mass is 16.2. The highest BCUT2D eigenvalue weighted by Crippen LogP contribution is 2.19. The van der Waals surface area contributed by atoms with Crippen LogP contribution in [0.15, 0.2) is 27.8 Å². The van der Waals surface area contributed by atoms with Crippen molar-refractivity contribution in [2.45, 2.75) is 45.7 Å². The quantitative estimate of drug-likeness (QED) is 0.789. The Kier molecular flexibility index (Phi) is 5.56. The molecule has 0 radical (unpaired) electrons. The van der Waals surface area contributed by atoms with Crippen molar-refractivity contribution in [2.75, 3.05) is 19.6 Å². The second kappa shape index (κ2) is 7.86. The van der Waals surface area contributed by atoms with Gasteiger partial charge in [-0.15, -0.1) is 0 Å². The van der Waals surface area contributed by atoms with Gasteiger partial charge in [0.15, 0.2) is 0 Å². The number of hydrogen-bond acceptors (Lipinski definition) is 4. The minimum absolute atomic E-state index is 0.0178. The Morgan fingerprint density at radius 2 is 1.96 bits per heavy atom. The number of carbonyl (C=O) groups is 1. The van der Waals surface area contributed by atoms with Gasteiger partial charge in [-0.05, 0) is 57.5 Å². The topological polar surface area (TPSA) is 87.2 Å². The Balaban J connectivity index is 2.00. The molecule has 2 N–H and O–H groups in total. The first-order chi connectivity index (χ1) is 12.6. The van der Waals surface area contributed by atoms with Crippen LogP contribution in [0.2, 0.25) is 0 Å². The maximum Gasteiger partial charge on any atom is 0.316 e. The molecule has 3 rings (SSSR count). The number of nitrogens with zero attached hydrogens (tertiary/aromatic N) is 2. The number of carbonyl (C=O) groups excluding carboxylic acids is 1. The minimum Gasteiger partial charge on any atom is -0.336 e. The molecule has 26 heavy (non-hydrogen) atoms. The molecular weight excluding hydrogens is 332 g/mol. The third-order valence-electron chi connectivity index (χ3n) is 5.01. The number of rotatable bonds is 5. The molecule has 1 fully saturated rings. The van der Waals surface area contributed by atoms with Gasteiger partial charge in [-0.2, -0.15) is 0 Å². The molecule has 1 aliphatic heterocycles. The predicted molar refractivity (Wildman–Crippen MR) is 102 cm³/mol. The first-order valence-electron chi connectivity index (χ1n) is 9.35. The van der Waals surface area contributed by atoms with Crippen molar-refractivity contribution in [2.24, 2.45) is 0 Å². The van der Waals surface area contributed by atoms with Crippen molar-refractivity contribution in [3.63, 3.8) is 0 Å². The Labute approximate surface area is 152 Å². The van der Waals surface area contributed by atoms with Crippen LogP contribution < -0.4 is 16.4 Å². The number of aryl methyl sites for hydroxylation is 1. The van der Waals surface area contributed by atoms with Crippen LogP contribution in [0, 0.1) is 0 Å². The van der Waals surface area contributed by atoms with E-state index in [4.69, 9.17) is 0 Å². The van der Waals surface area contributed by atoms with E-state index in [1.54, 1.807) is 18.2 Å². The Morgan fingerprint density at radius 3 is 2.62 bits per heavy atom. The molecule has 2 heterocycles. The molecule has 7 nitrogen and oxygen atoms in total. The van der Waals surface area contributed by atoms with E-state index in [0.29, 0.717) is 29.7 Å². The first kappa shape index (κ1) is 18.4. The smallest absolute Gasteiger partial charge is 0.316 e. The summed E-state index contributed by atoms with van der Waals surface area (Å²) in [7, 11) is 0. The number of hydrogen-bond donors (Lipinski definition) is 2. The molecule has 7 heteroatoms. The fourth-order valence-electron chi connectivity index (χ4n) is 3.70. The van der Waals surface area contributed by atoms with Crippen molar-refractivity contribution in [3.8, 4) is 0 Å². The lowest BCUT2D eigenvalue weighted by Crippen LogP contribution is -2.46. The zero-order valence-electron chi connectivity index (χ0n) is 15.4. The van der Waals surface area contributed by atoms with Crippen molar-refractivity contribution in [1.29, 1.82) is 0 Å². The number of piperidine rings is 1. The Morgan fingerprint density at radius 1 is 1.23 bits per heavy atom. The number of benzene rings is 1. The number of aromatic nitrogens is 2. The molecular formula is C19H26N4O3. The van der Waals surface area contributed by atoms with E-state index in [-0.39, 0.29) is 11.9 Å². The van der Waals surface area contributed by atoms with Crippen molar-refractivity contribution >= 4 is 16.9 Å². The molecule has 0 aliphatic carbocycles. The third kappa shape index (κ3) is 3.44. The number of fused-ring (bicyclic) bond motifs is 1. The monoisotopic (exact) mass is 358 g/mol. The SMILES string of the molecule is CCCN(C(=O)c1ccc2c(c1)[nH]c(=O)c(=O)n2CC)C1CCNCC1. The van der Waals surface area contributed by atoms with Gasteiger partial charge in [-0.25, -0.2) is 0 Å². The van der Waals surface area contributed by atoms with E-state index in [1.807, 2.05) is 11.8 Å². The van der Waals surface area contributed by atoms with Crippen LogP contribution >= 0.6 is 0 Å². The molecule has 2 aromatic rings. The van der Waals surface area contributed by atoms with Gasteiger partial charge in [-0.1, -0.05) is 6.92 Å². The summed E-state index contributed by atoms with van der Waals surface area (Å²) >= 11 is 0. The average molecular weight is 358 g/mol. The van der Waals surface area contributed by atoms with E-state index < -0.39 is 11.1 Å². The van der Waals surface area contributed by atoms with E-state index in [0.717, 1.165) is 32.4 Å². The second-order valence-corrected chi connectivity index (χ2v) is 6.72. The van der Waals surface area contributed by atoms with Crippen LogP contribution in [0.5, 0.6) is 0 Å². The summed E-state index contributed by atoms with van der Waals surface area (Å²) < 4.78 is 1.43.